The number of nitrogens with zero attached hydrogens (tertiary/aromatic N) is 5. The standard InChI is InChI=1S/C18H18BrN5O4/c1-23-11-20-18(22-23)14-8-12(9-15(24(25)26)17(14)27-2)6-7-28-10-13-4-3-5-16(19)21-13/h3-5,8-9,11H,6-7,10H2,1-2H3. The van der Waals surface area contributed by atoms with Crippen LogP contribution in [0.4, 0.5) is 5.69 Å². The van der Waals surface area contributed by atoms with Crippen LogP contribution in [0.5, 0.6) is 5.75 Å². The van der Waals surface area contributed by atoms with Gasteiger partial charge in [-0.05, 0) is 46.1 Å². The molecule has 9 nitrogen and oxygen atoms in total. The Morgan fingerprint density at radius 1 is 1.32 bits per heavy atom. The number of ether oxygens (including phenoxy) is 2. The molecule has 0 aliphatic carbocycles. The van der Waals surface area contributed by atoms with E-state index in [1.165, 1.54) is 24.2 Å². The lowest BCUT2D eigenvalue weighted by molar-refractivity contribution is -0.385. The van der Waals surface area contributed by atoms with Crippen molar-refractivity contribution >= 4 is 21.6 Å². The molecule has 0 aliphatic rings. The number of aromatic nitrogens is 4. The molecule has 0 spiro atoms. The molecule has 0 bridgehead atoms. The van der Waals surface area contributed by atoms with E-state index in [1.54, 1.807) is 13.1 Å². The third kappa shape index (κ3) is 4.70. The maximum absolute atomic E-state index is 11.5. The Morgan fingerprint density at radius 2 is 2.14 bits per heavy atom. The number of aryl methyl sites for hydroxylation is 1. The van der Waals surface area contributed by atoms with Crippen LogP contribution in [0.15, 0.2) is 41.3 Å². The molecule has 0 N–H and O–H groups in total. The normalized spacial score (nSPS) is 10.8. The molecule has 0 radical (unpaired) electrons. The van der Waals surface area contributed by atoms with Crippen molar-refractivity contribution in [1.29, 1.82) is 0 Å². The van der Waals surface area contributed by atoms with Gasteiger partial charge in [0.1, 0.15) is 10.9 Å². The minimum absolute atomic E-state index is 0.129. The van der Waals surface area contributed by atoms with Crippen molar-refractivity contribution in [2.45, 2.75) is 13.0 Å². The van der Waals surface area contributed by atoms with Crippen LogP contribution >= 0.6 is 15.9 Å². The topological polar surface area (TPSA) is 105 Å². The number of methoxy groups -OCH3 is 1. The molecule has 2 heterocycles. The zero-order chi connectivity index (χ0) is 20.1. The number of nitro benzene ring substituents is 1. The highest BCUT2D eigenvalue weighted by Gasteiger charge is 2.23. The summed E-state index contributed by atoms with van der Waals surface area (Å²) in [6.07, 6.45) is 2.01. The molecule has 0 aliphatic heterocycles. The van der Waals surface area contributed by atoms with Crippen LogP contribution in [0, 0.1) is 10.1 Å². The molecule has 10 heteroatoms. The molecular weight excluding hydrogens is 430 g/mol. The highest BCUT2D eigenvalue weighted by molar-refractivity contribution is 9.10. The Labute approximate surface area is 169 Å². The summed E-state index contributed by atoms with van der Waals surface area (Å²) >= 11 is 3.32. The first-order valence-electron chi connectivity index (χ1n) is 8.38. The zero-order valence-corrected chi connectivity index (χ0v) is 16.9. The average molecular weight is 448 g/mol. The van der Waals surface area contributed by atoms with Gasteiger partial charge in [0, 0.05) is 13.1 Å². The Kier molecular flexibility index (Phi) is 6.32. The van der Waals surface area contributed by atoms with E-state index in [2.05, 4.69) is 31.0 Å². The second-order valence-corrected chi connectivity index (χ2v) is 6.76. The van der Waals surface area contributed by atoms with Crippen LogP contribution in [-0.4, -0.2) is 38.4 Å². The summed E-state index contributed by atoms with van der Waals surface area (Å²) in [4.78, 5) is 19.5. The van der Waals surface area contributed by atoms with Crippen molar-refractivity contribution in [3.05, 3.63) is 62.6 Å². The van der Waals surface area contributed by atoms with Gasteiger partial charge in [-0.2, -0.15) is 5.10 Å². The van der Waals surface area contributed by atoms with Gasteiger partial charge in [0.15, 0.2) is 5.82 Å². The van der Waals surface area contributed by atoms with Crippen molar-refractivity contribution in [2.24, 2.45) is 7.05 Å². The zero-order valence-electron chi connectivity index (χ0n) is 15.3. The predicted molar refractivity (Wildman–Crippen MR) is 105 cm³/mol. The van der Waals surface area contributed by atoms with Gasteiger partial charge >= 0.3 is 5.69 Å². The first-order valence-corrected chi connectivity index (χ1v) is 9.17. The minimum Gasteiger partial charge on any atom is -0.490 e. The molecule has 0 unspecified atom stereocenters. The third-order valence-electron chi connectivity index (χ3n) is 3.93. The fourth-order valence-corrected chi connectivity index (χ4v) is 3.07. The van der Waals surface area contributed by atoms with Gasteiger partial charge in [0.2, 0.25) is 5.75 Å². The summed E-state index contributed by atoms with van der Waals surface area (Å²) < 4.78 is 13.2. The fraction of sp³-hybridized carbons (Fsp3) is 0.278. The number of pyridine rings is 1. The molecule has 2 aromatic heterocycles. The van der Waals surface area contributed by atoms with Crippen molar-refractivity contribution < 1.29 is 14.4 Å². The largest absolute Gasteiger partial charge is 0.490 e. The Balaban J connectivity index is 1.78. The highest BCUT2D eigenvalue weighted by atomic mass is 79.9. The van der Waals surface area contributed by atoms with Crippen molar-refractivity contribution in [3.8, 4) is 17.1 Å². The summed E-state index contributed by atoms with van der Waals surface area (Å²) in [6, 6.07) is 8.88. The molecular formula is C18H18BrN5O4. The molecule has 0 saturated carbocycles. The predicted octanol–water partition coefficient (Wildman–Crippen LogP) is 3.32. The molecule has 0 atom stereocenters. The van der Waals surface area contributed by atoms with Crippen molar-refractivity contribution in [2.75, 3.05) is 13.7 Å². The van der Waals surface area contributed by atoms with E-state index < -0.39 is 4.92 Å². The molecule has 0 saturated heterocycles. The highest BCUT2D eigenvalue weighted by Crippen LogP contribution is 2.37. The molecule has 1 aromatic carbocycles. The van der Waals surface area contributed by atoms with Crippen LogP contribution in [0.3, 0.4) is 0 Å². The Morgan fingerprint density at radius 3 is 2.79 bits per heavy atom. The summed E-state index contributed by atoms with van der Waals surface area (Å²) in [6.45, 7) is 0.735. The maximum Gasteiger partial charge on any atom is 0.311 e. The van der Waals surface area contributed by atoms with Gasteiger partial charge in [-0.3, -0.25) is 14.8 Å². The number of halogens is 1. The van der Waals surface area contributed by atoms with Crippen LogP contribution in [-0.2, 0) is 24.8 Å². The number of hydrogen-bond donors (Lipinski definition) is 0. The van der Waals surface area contributed by atoms with Gasteiger partial charge in [-0.1, -0.05) is 6.07 Å². The lowest BCUT2D eigenvalue weighted by Gasteiger charge is -2.10. The van der Waals surface area contributed by atoms with E-state index in [-0.39, 0.29) is 11.4 Å². The van der Waals surface area contributed by atoms with E-state index in [0.717, 1.165) is 15.9 Å². The van der Waals surface area contributed by atoms with Gasteiger partial charge in [0.25, 0.3) is 0 Å². The maximum atomic E-state index is 11.5. The second kappa shape index (κ2) is 8.89. The summed E-state index contributed by atoms with van der Waals surface area (Å²) in [5.41, 5.74) is 1.88. The minimum atomic E-state index is -0.471. The average Bonchev–Trinajstić information content (AvgIpc) is 3.10. The Bertz CT molecular complexity index is 992. The van der Waals surface area contributed by atoms with E-state index in [0.29, 0.717) is 31.0 Å². The molecule has 0 fully saturated rings. The van der Waals surface area contributed by atoms with E-state index >= 15 is 0 Å². The van der Waals surface area contributed by atoms with Gasteiger partial charge in [-0.15, -0.1) is 0 Å². The van der Waals surface area contributed by atoms with Crippen molar-refractivity contribution in [1.82, 2.24) is 19.7 Å². The quantitative estimate of drug-likeness (QED) is 0.225. The summed E-state index contributed by atoms with van der Waals surface area (Å²) in [7, 11) is 3.12. The number of hydrogen-bond acceptors (Lipinski definition) is 7. The van der Waals surface area contributed by atoms with Gasteiger partial charge < -0.3 is 9.47 Å². The molecule has 28 heavy (non-hydrogen) atoms. The van der Waals surface area contributed by atoms with E-state index in [4.69, 9.17) is 9.47 Å². The number of nitro groups is 1. The number of benzene rings is 1. The number of rotatable bonds is 8. The summed E-state index contributed by atoms with van der Waals surface area (Å²) in [5.74, 6) is 0.503. The summed E-state index contributed by atoms with van der Waals surface area (Å²) in [5, 5.41) is 15.7. The lowest BCUT2D eigenvalue weighted by atomic mass is 10.0. The monoisotopic (exact) mass is 447 g/mol. The second-order valence-electron chi connectivity index (χ2n) is 5.95. The first-order chi connectivity index (χ1) is 13.5. The molecule has 146 valence electrons. The van der Waals surface area contributed by atoms with Crippen LogP contribution in [0.25, 0.3) is 11.4 Å². The van der Waals surface area contributed by atoms with E-state index in [1.807, 2.05) is 18.2 Å². The smallest absolute Gasteiger partial charge is 0.311 e. The first kappa shape index (κ1) is 19.9. The van der Waals surface area contributed by atoms with Crippen molar-refractivity contribution in [3.63, 3.8) is 0 Å². The van der Waals surface area contributed by atoms with Crippen LogP contribution < -0.4 is 4.74 Å². The van der Waals surface area contributed by atoms with Gasteiger partial charge in [-0.25, -0.2) is 9.97 Å². The lowest BCUT2D eigenvalue weighted by Crippen LogP contribution is -2.03. The fourth-order valence-electron chi connectivity index (χ4n) is 2.69. The van der Waals surface area contributed by atoms with E-state index in [9.17, 15) is 10.1 Å². The van der Waals surface area contributed by atoms with Crippen LogP contribution in [0.1, 0.15) is 11.3 Å². The molecule has 3 rings (SSSR count). The molecule has 3 aromatic rings. The van der Waals surface area contributed by atoms with Gasteiger partial charge in [0.05, 0.1) is 36.5 Å². The SMILES string of the molecule is COc1c(-c2ncn(C)n2)cc(CCOCc2cccc(Br)n2)cc1[N+](=O)[O-]. The third-order valence-corrected chi connectivity index (χ3v) is 4.37. The van der Waals surface area contributed by atoms with Crippen LogP contribution in [0.2, 0.25) is 0 Å². The molecule has 0 amide bonds. The Hall–Kier alpha value is -2.85.